The lowest BCUT2D eigenvalue weighted by Crippen LogP contribution is -2.53. The van der Waals surface area contributed by atoms with Gasteiger partial charge in [-0.15, -0.1) is 0 Å². The summed E-state index contributed by atoms with van der Waals surface area (Å²) in [5, 5.41) is 11.7. The van der Waals surface area contributed by atoms with Crippen molar-refractivity contribution in [2.75, 3.05) is 26.7 Å². The zero-order valence-electron chi connectivity index (χ0n) is 12.4. The Morgan fingerprint density at radius 2 is 2.05 bits per heavy atom. The van der Waals surface area contributed by atoms with E-state index in [1.807, 2.05) is 6.92 Å². The molecule has 0 saturated carbocycles. The summed E-state index contributed by atoms with van der Waals surface area (Å²) in [5.41, 5.74) is 0. The maximum Gasteiger partial charge on any atom is 0.322 e. The Labute approximate surface area is 125 Å². The molecule has 1 saturated heterocycles. The normalized spacial score (nSPS) is 20.4. The van der Waals surface area contributed by atoms with Gasteiger partial charge in [-0.25, -0.2) is 0 Å². The van der Waals surface area contributed by atoms with Crippen LogP contribution in [0, 0.1) is 0 Å². The standard InChI is InChI=1S/C12H23N3O5S/c1-3-7-13-11(16)9-14(2)21(19,20)15-8-5-4-6-10(15)12(17)18/h10H,3-9H2,1-2H3,(H,13,16)(H,17,18). The van der Waals surface area contributed by atoms with Gasteiger partial charge in [-0.05, 0) is 25.7 Å². The number of carboxylic acid groups (broad SMARTS) is 1. The van der Waals surface area contributed by atoms with Crippen molar-refractivity contribution in [3.8, 4) is 0 Å². The van der Waals surface area contributed by atoms with Crippen molar-refractivity contribution in [3.05, 3.63) is 0 Å². The second kappa shape index (κ2) is 7.71. The molecular weight excluding hydrogens is 298 g/mol. The molecule has 1 unspecified atom stereocenters. The van der Waals surface area contributed by atoms with E-state index in [2.05, 4.69) is 5.32 Å². The minimum atomic E-state index is -3.95. The van der Waals surface area contributed by atoms with E-state index >= 15 is 0 Å². The number of aliphatic carboxylic acids is 1. The zero-order valence-corrected chi connectivity index (χ0v) is 13.2. The van der Waals surface area contributed by atoms with Crippen molar-refractivity contribution >= 4 is 22.1 Å². The molecule has 1 atom stereocenters. The number of nitrogens with one attached hydrogen (secondary N) is 1. The molecule has 8 nitrogen and oxygen atoms in total. The van der Waals surface area contributed by atoms with Crippen molar-refractivity contribution in [1.29, 1.82) is 0 Å². The molecule has 0 aliphatic carbocycles. The highest BCUT2D eigenvalue weighted by atomic mass is 32.2. The first-order valence-electron chi connectivity index (χ1n) is 7.03. The minimum Gasteiger partial charge on any atom is -0.480 e. The third kappa shape index (κ3) is 4.65. The number of rotatable bonds is 7. The molecule has 0 radical (unpaired) electrons. The highest BCUT2D eigenvalue weighted by Crippen LogP contribution is 2.22. The quantitative estimate of drug-likeness (QED) is 0.665. The number of likely N-dealkylation sites (N-methyl/N-ethyl adjacent to an activating group) is 1. The third-order valence-electron chi connectivity index (χ3n) is 3.37. The summed E-state index contributed by atoms with van der Waals surface area (Å²) >= 11 is 0. The second-order valence-electron chi connectivity index (χ2n) is 5.07. The molecule has 1 fully saturated rings. The number of hydrogen-bond donors (Lipinski definition) is 2. The molecular formula is C12H23N3O5S. The van der Waals surface area contributed by atoms with E-state index in [0.29, 0.717) is 25.8 Å². The first kappa shape index (κ1) is 17.9. The first-order valence-corrected chi connectivity index (χ1v) is 8.43. The fourth-order valence-corrected chi connectivity index (χ4v) is 3.73. The van der Waals surface area contributed by atoms with Crippen LogP contribution in [0.3, 0.4) is 0 Å². The van der Waals surface area contributed by atoms with Crippen LogP contribution in [-0.2, 0) is 19.8 Å². The van der Waals surface area contributed by atoms with Crippen molar-refractivity contribution in [3.63, 3.8) is 0 Å². The Morgan fingerprint density at radius 1 is 1.38 bits per heavy atom. The van der Waals surface area contributed by atoms with Gasteiger partial charge in [0.1, 0.15) is 6.04 Å². The Balaban J connectivity index is 2.77. The topological polar surface area (TPSA) is 107 Å². The van der Waals surface area contributed by atoms with E-state index in [1.165, 1.54) is 7.05 Å². The Bertz CT molecular complexity index is 479. The van der Waals surface area contributed by atoms with Crippen molar-refractivity contribution in [1.82, 2.24) is 13.9 Å². The zero-order chi connectivity index (χ0) is 16.0. The number of hydrogen-bond acceptors (Lipinski definition) is 4. The lowest BCUT2D eigenvalue weighted by molar-refractivity contribution is -0.142. The summed E-state index contributed by atoms with van der Waals surface area (Å²) in [6.45, 7) is 2.23. The van der Waals surface area contributed by atoms with Gasteiger partial charge in [-0.1, -0.05) is 6.92 Å². The molecule has 2 N–H and O–H groups in total. The number of carboxylic acids is 1. The van der Waals surface area contributed by atoms with Gasteiger partial charge in [-0.3, -0.25) is 9.59 Å². The van der Waals surface area contributed by atoms with E-state index in [9.17, 15) is 18.0 Å². The Morgan fingerprint density at radius 3 is 2.62 bits per heavy atom. The van der Waals surface area contributed by atoms with Crippen LogP contribution in [-0.4, -0.2) is 66.7 Å². The van der Waals surface area contributed by atoms with Crippen LogP contribution in [0.1, 0.15) is 32.6 Å². The molecule has 0 aromatic rings. The predicted molar refractivity (Wildman–Crippen MR) is 76.8 cm³/mol. The fourth-order valence-electron chi connectivity index (χ4n) is 2.21. The summed E-state index contributed by atoms with van der Waals surface area (Å²) < 4.78 is 26.7. The van der Waals surface area contributed by atoms with E-state index in [-0.39, 0.29) is 13.1 Å². The molecule has 1 amide bonds. The van der Waals surface area contributed by atoms with Crippen LogP contribution in [0.4, 0.5) is 0 Å². The van der Waals surface area contributed by atoms with Gasteiger partial charge in [-0.2, -0.15) is 17.0 Å². The second-order valence-corrected chi connectivity index (χ2v) is 7.06. The van der Waals surface area contributed by atoms with Gasteiger partial charge in [0.2, 0.25) is 5.91 Å². The SMILES string of the molecule is CCCNC(=O)CN(C)S(=O)(=O)N1CCCCC1C(=O)O. The number of piperidine rings is 1. The van der Waals surface area contributed by atoms with Crippen LogP contribution >= 0.6 is 0 Å². The van der Waals surface area contributed by atoms with Crippen LogP contribution in [0.2, 0.25) is 0 Å². The minimum absolute atomic E-state index is 0.167. The molecule has 9 heteroatoms. The summed E-state index contributed by atoms with van der Waals surface area (Å²) in [5.74, 6) is -1.55. The monoisotopic (exact) mass is 321 g/mol. The highest BCUT2D eigenvalue weighted by molar-refractivity contribution is 7.86. The molecule has 0 aromatic carbocycles. The molecule has 122 valence electrons. The molecule has 0 spiro atoms. The van der Waals surface area contributed by atoms with Gasteiger partial charge >= 0.3 is 5.97 Å². The lowest BCUT2D eigenvalue weighted by Gasteiger charge is -2.34. The molecule has 1 aliphatic rings. The molecule has 0 bridgehead atoms. The first-order chi connectivity index (χ1) is 9.80. The van der Waals surface area contributed by atoms with Gasteiger partial charge < -0.3 is 10.4 Å². The van der Waals surface area contributed by atoms with Crippen LogP contribution in [0.25, 0.3) is 0 Å². The summed E-state index contributed by atoms with van der Waals surface area (Å²) in [4.78, 5) is 22.8. The number of carbonyl (C=O) groups is 2. The lowest BCUT2D eigenvalue weighted by atomic mass is 10.1. The molecule has 21 heavy (non-hydrogen) atoms. The van der Waals surface area contributed by atoms with E-state index in [0.717, 1.165) is 15.0 Å². The third-order valence-corrected chi connectivity index (χ3v) is 5.31. The average molecular weight is 321 g/mol. The molecule has 1 aliphatic heterocycles. The van der Waals surface area contributed by atoms with Crippen molar-refractivity contribution < 1.29 is 23.1 Å². The fraction of sp³-hybridized carbons (Fsp3) is 0.833. The molecule has 1 rings (SSSR count). The molecule has 1 heterocycles. The highest BCUT2D eigenvalue weighted by Gasteiger charge is 2.39. The van der Waals surface area contributed by atoms with Crippen LogP contribution in [0.5, 0.6) is 0 Å². The summed E-state index contributed by atoms with van der Waals surface area (Å²) in [7, 11) is -2.67. The number of amides is 1. The van der Waals surface area contributed by atoms with E-state index < -0.39 is 28.1 Å². The van der Waals surface area contributed by atoms with Crippen molar-refractivity contribution in [2.24, 2.45) is 0 Å². The summed E-state index contributed by atoms with van der Waals surface area (Å²) in [6.07, 6.45) is 2.36. The Kier molecular flexibility index (Phi) is 6.56. The van der Waals surface area contributed by atoms with Crippen LogP contribution in [0.15, 0.2) is 0 Å². The van der Waals surface area contributed by atoms with Gasteiger partial charge in [0, 0.05) is 20.1 Å². The average Bonchev–Trinajstić information content (AvgIpc) is 2.44. The molecule has 0 aromatic heterocycles. The van der Waals surface area contributed by atoms with Gasteiger partial charge in [0.25, 0.3) is 10.2 Å². The van der Waals surface area contributed by atoms with Gasteiger partial charge in [0.15, 0.2) is 0 Å². The smallest absolute Gasteiger partial charge is 0.322 e. The largest absolute Gasteiger partial charge is 0.480 e. The summed E-state index contributed by atoms with van der Waals surface area (Å²) in [6, 6.07) is -1.05. The van der Waals surface area contributed by atoms with E-state index in [1.54, 1.807) is 0 Å². The maximum absolute atomic E-state index is 12.4. The van der Waals surface area contributed by atoms with Crippen LogP contribution < -0.4 is 5.32 Å². The van der Waals surface area contributed by atoms with Gasteiger partial charge in [0.05, 0.1) is 6.54 Å². The number of nitrogens with zero attached hydrogens (tertiary/aromatic N) is 2. The van der Waals surface area contributed by atoms with E-state index in [4.69, 9.17) is 5.11 Å². The maximum atomic E-state index is 12.4. The van der Waals surface area contributed by atoms with Crippen molar-refractivity contribution in [2.45, 2.75) is 38.6 Å². The number of carbonyl (C=O) groups excluding carboxylic acids is 1. The predicted octanol–water partition coefficient (Wildman–Crippen LogP) is -0.372. The Hall–Kier alpha value is -1.19.